The van der Waals surface area contributed by atoms with E-state index in [4.69, 9.17) is 4.74 Å². The smallest absolute Gasteiger partial charge is 0.302 e. The van der Waals surface area contributed by atoms with Crippen molar-refractivity contribution in [2.75, 3.05) is 6.61 Å². The largest absolute Gasteiger partial charge is 0.466 e. The van der Waals surface area contributed by atoms with Crippen LogP contribution >= 0.6 is 0 Å². The Bertz CT molecular complexity index is 181. The highest BCUT2D eigenvalue weighted by molar-refractivity contribution is 5.65. The van der Waals surface area contributed by atoms with Crippen molar-refractivity contribution in [2.24, 2.45) is 11.8 Å². The van der Waals surface area contributed by atoms with Crippen LogP contribution in [0.2, 0.25) is 0 Å². The summed E-state index contributed by atoms with van der Waals surface area (Å²) in [6.07, 6.45) is 9.24. The standard InChI is InChI=1S/C13H24O2/c1-3-4-12-5-7-13(8-6-12)9-10-15-11(2)14/h12-13H,3-10H2,1-2H3. The molecule has 88 valence electrons. The van der Waals surface area contributed by atoms with E-state index in [1.165, 1.54) is 45.4 Å². The number of hydrogen-bond donors (Lipinski definition) is 0. The molecule has 0 heterocycles. The molecule has 0 aromatic carbocycles. The van der Waals surface area contributed by atoms with E-state index in [2.05, 4.69) is 6.92 Å². The molecular weight excluding hydrogens is 188 g/mol. The summed E-state index contributed by atoms with van der Waals surface area (Å²) >= 11 is 0. The van der Waals surface area contributed by atoms with Crippen molar-refractivity contribution in [3.63, 3.8) is 0 Å². The van der Waals surface area contributed by atoms with Crippen molar-refractivity contribution in [1.82, 2.24) is 0 Å². The van der Waals surface area contributed by atoms with Crippen LogP contribution in [0.4, 0.5) is 0 Å². The molecule has 0 aliphatic heterocycles. The molecule has 0 radical (unpaired) electrons. The normalized spacial score (nSPS) is 26.3. The van der Waals surface area contributed by atoms with Gasteiger partial charge in [0.25, 0.3) is 0 Å². The molecule has 1 fully saturated rings. The van der Waals surface area contributed by atoms with Gasteiger partial charge in [0.05, 0.1) is 6.61 Å². The van der Waals surface area contributed by atoms with E-state index in [-0.39, 0.29) is 5.97 Å². The summed E-state index contributed by atoms with van der Waals surface area (Å²) in [5, 5.41) is 0. The van der Waals surface area contributed by atoms with E-state index < -0.39 is 0 Å². The van der Waals surface area contributed by atoms with Gasteiger partial charge < -0.3 is 4.74 Å². The van der Waals surface area contributed by atoms with Crippen molar-refractivity contribution < 1.29 is 9.53 Å². The Hall–Kier alpha value is -0.530. The lowest BCUT2D eigenvalue weighted by atomic mass is 9.79. The number of carbonyl (C=O) groups is 1. The van der Waals surface area contributed by atoms with Gasteiger partial charge in [-0.3, -0.25) is 4.79 Å². The zero-order valence-corrected chi connectivity index (χ0v) is 10.1. The maximum absolute atomic E-state index is 10.6. The summed E-state index contributed by atoms with van der Waals surface area (Å²) in [4.78, 5) is 10.6. The molecule has 0 aromatic heterocycles. The average Bonchev–Trinajstić information content (AvgIpc) is 2.20. The minimum absolute atomic E-state index is 0.144. The summed E-state index contributed by atoms with van der Waals surface area (Å²) < 4.78 is 4.98. The number of esters is 1. The van der Waals surface area contributed by atoms with Gasteiger partial charge in [-0.15, -0.1) is 0 Å². The van der Waals surface area contributed by atoms with Crippen molar-refractivity contribution in [2.45, 2.75) is 58.8 Å². The van der Waals surface area contributed by atoms with Crippen molar-refractivity contribution in [3.8, 4) is 0 Å². The highest BCUT2D eigenvalue weighted by Crippen LogP contribution is 2.32. The van der Waals surface area contributed by atoms with Crippen LogP contribution in [0.3, 0.4) is 0 Å². The number of carbonyl (C=O) groups excluding carboxylic acids is 1. The van der Waals surface area contributed by atoms with Gasteiger partial charge in [-0.25, -0.2) is 0 Å². The molecule has 0 amide bonds. The lowest BCUT2D eigenvalue weighted by Gasteiger charge is -2.28. The maximum Gasteiger partial charge on any atom is 0.302 e. The first-order valence-electron chi connectivity index (χ1n) is 6.35. The van der Waals surface area contributed by atoms with Gasteiger partial charge in [-0.2, -0.15) is 0 Å². The first kappa shape index (κ1) is 12.5. The van der Waals surface area contributed by atoms with E-state index in [1.54, 1.807) is 0 Å². The Kier molecular flexibility index (Phi) is 5.74. The Morgan fingerprint density at radius 3 is 2.13 bits per heavy atom. The van der Waals surface area contributed by atoms with Gasteiger partial charge in [0.2, 0.25) is 0 Å². The van der Waals surface area contributed by atoms with Gasteiger partial charge in [0.15, 0.2) is 0 Å². The molecule has 0 bridgehead atoms. The predicted molar refractivity (Wildman–Crippen MR) is 61.6 cm³/mol. The SMILES string of the molecule is CCCC1CCC(CCOC(C)=O)CC1. The van der Waals surface area contributed by atoms with Crippen LogP contribution in [0, 0.1) is 11.8 Å². The minimum atomic E-state index is -0.144. The Morgan fingerprint density at radius 2 is 1.67 bits per heavy atom. The molecule has 0 aromatic rings. The second-order valence-electron chi connectivity index (χ2n) is 4.80. The molecular formula is C13H24O2. The van der Waals surface area contributed by atoms with Crippen LogP contribution in [-0.4, -0.2) is 12.6 Å². The Balaban J connectivity index is 2.06. The molecule has 15 heavy (non-hydrogen) atoms. The van der Waals surface area contributed by atoms with Crippen molar-refractivity contribution in [3.05, 3.63) is 0 Å². The van der Waals surface area contributed by atoms with E-state index >= 15 is 0 Å². The number of ether oxygens (including phenoxy) is 1. The average molecular weight is 212 g/mol. The number of hydrogen-bond acceptors (Lipinski definition) is 2. The van der Waals surface area contributed by atoms with Crippen LogP contribution in [0.5, 0.6) is 0 Å². The van der Waals surface area contributed by atoms with Gasteiger partial charge in [0.1, 0.15) is 0 Å². The summed E-state index contributed by atoms with van der Waals surface area (Å²) in [6.45, 7) is 4.38. The second-order valence-corrected chi connectivity index (χ2v) is 4.80. The molecule has 0 spiro atoms. The van der Waals surface area contributed by atoms with E-state index in [0.29, 0.717) is 6.61 Å². The molecule has 1 rings (SSSR count). The van der Waals surface area contributed by atoms with Crippen molar-refractivity contribution >= 4 is 5.97 Å². The van der Waals surface area contributed by atoms with Crippen LogP contribution in [-0.2, 0) is 9.53 Å². The van der Waals surface area contributed by atoms with Crippen LogP contribution in [0.1, 0.15) is 58.8 Å². The predicted octanol–water partition coefficient (Wildman–Crippen LogP) is 3.55. The summed E-state index contributed by atoms with van der Waals surface area (Å²) in [5.41, 5.74) is 0. The molecule has 2 nitrogen and oxygen atoms in total. The molecule has 1 saturated carbocycles. The molecule has 1 aliphatic rings. The monoisotopic (exact) mass is 212 g/mol. The van der Waals surface area contributed by atoms with E-state index in [9.17, 15) is 4.79 Å². The molecule has 0 saturated heterocycles. The topological polar surface area (TPSA) is 26.3 Å². The van der Waals surface area contributed by atoms with Crippen LogP contribution < -0.4 is 0 Å². The molecule has 2 heteroatoms. The first-order valence-corrected chi connectivity index (χ1v) is 6.35. The fraction of sp³-hybridized carbons (Fsp3) is 0.923. The fourth-order valence-electron chi connectivity index (χ4n) is 2.59. The third-order valence-electron chi connectivity index (χ3n) is 3.49. The zero-order chi connectivity index (χ0) is 11.1. The third-order valence-corrected chi connectivity index (χ3v) is 3.49. The van der Waals surface area contributed by atoms with Gasteiger partial charge in [0, 0.05) is 6.92 Å². The van der Waals surface area contributed by atoms with Crippen LogP contribution in [0.25, 0.3) is 0 Å². The molecule has 1 aliphatic carbocycles. The first-order chi connectivity index (χ1) is 7.22. The molecule has 0 atom stereocenters. The van der Waals surface area contributed by atoms with Crippen LogP contribution in [0.15, 0.2) is 0 Å². The fourth-order valence-corrected chi connectivity index (χ4v) is 2.59. The lowest BCUT2D eigenvalue weighted by Crippen LogP contribution is -2.16. The highest BCUT2D eigenvalue weighted by atomic mass is 16.5. The Morgan fingerprint density at radius 1 is 1.13 bits per heavy atom. The summed E-state index contributed by atoms with van der Waals surface area (Å²) in [5.74, 6) is 1.63. The third kappa shape index (κ3) is 5.19. The van der Waals surface area contributed by atoms with Gasteiger partial charge >= 0.3 is 5.97 Å². The minimum Gasteiger partial charge on any atom is -0.466 e. The summed E-state index contributed by atoms with van der Waals surface area (Å²) in [6, 6.07) is 0. The Labute approximate surface area is 93.4 Å². The molecule has 0 unspecified atom stereocenters. The quantitative estimate of drug-likeness (QED) is 0.651. The van der Waals surface area contributed by atoms with Gasteiger partial charge in [-0.1, -0.05) is 45.4 Å². The zero-order valence-electron chi connectivity index (χ0n) is 10.1. The maximum atomic E-state index is 10.6. The molecule has 0 N–H and O–H groups in total. The van der Waals surface area contributed by atoms with E-state index in [1.807, 2.05) is 0 Å². The highest BCUT2D eigenvalue weighted by Gasteiger charge is 2.20. The number of rotatable bonds is 5. The lowest BCUT2D eigenvalue weighted by molar-refractivity contribution is -0.141. The van der Waals surface area contributed by atoms with Crippen molar-refractivity contribution in [1.29, 1.82) is 0 Å². The van der Waals surface area contributed by atoms with E-state index in [0.717, 1.165) is 18.3 Å². The second kappa shape index (κ2) is 6.86. The summed E-state index contributed by atoms with van der Waals surface area (Å²) in [7, 11) is 0. The van der Waals surface area contributed by atoms with Gasteiger partial charge in [-0.05, 0) is 18.3 Å².